The van der Waals surface area contributed by atoms with Gasteiger partial charge < -0.3 is 33.8 Å². The molecule has 94 heavy (non-hydrogen) atoms. The molecule has 9 atom stereocenters. The summed E-state index contributed by atoms with van der Waals surface area (Å²) in [6.45, 7) is 14.2. The van der Waals surface area contributed by atoms with Crippen LogP contribution >= 0.6 is 15.6 Å². The highest BCUT2D eigenvalue weighted by Gasteiger charge is 2.30. The smallest absolute Gasteiger partial charge is 0.462 e. The lowest BCUT2D eigenvalue weighted by atomic mass is 9.99. The molecule has 19 heteroatoms. The lowest BCUT2D eigenvalue weighted by Gasteiger charge is -2.21. The van der Waals surface area contributed by atoms with Crippen LogP contribution in [0.25, 0.3) is 0 Å². The van der Waals surface area contributed by atoms with E-state index in [0.717, 1.165) is 120 Å². The number of hydrogen-bond acceptors (Lipinski definition) is 15. The Kier molecular flexibility index (Phi) is 63.1. The van der Waals surface area contributed by atoms with Crippen molar-refractivity contribution in [2.45, 2.75) is 395 Å². The van der Waals surface area contributed by atoms with Gasteiger partial charge in [-0.05, 0) is 49.4 Å². The number of carbonyl (C=O) groups is 4. The van der Waals surface area contributed by atoms with Gasteiger partial charge in [0.05, 0.1) is 26.4 Å². The van der Waals surface area contributed by atoms with Gasteiger partial charge in [0.15, 0.2) is 12.2 Å². The average Bonchev–Trinajstić information content (AvgIpc) is 1.61. The van der Waals surface area contributed by atoms with Crippen LogP contribution in [0, 0.1) is 23.7 Å². The molecule has 0 aromatic heterocycles. The Morgan fingerprint density at radius 3 is 0.702 bits per heavy atom. The standard InChI is InChI=1S/C75H146O17P2/c1-9-65(5)51-43-35-27-21-17-15-13-14-16-18-23-30-39-47-55-72(77)85-61-70(92-75(80)58-50-42-32-26-25-29-37-45-53-67(7)11-3)63-89-93(81,82)87-59-69(76)60-88-94(83,84)90-64-71(62-86-73(78)56-48-40-34-33-38-46-54-68(8)12-4)91-74(79)57-49-41-31-24-20-19-22-28-36-44-52-66(6)10-2/h65-71,76H,9-64H2,1-8H3,(H,81,82)(H,83,84)/t65?,66?,67?,68?,69-,70-,71-/m1/s1. The Bertz CT molecular complexity index is 1860. The molecule has 0 aliphatic heterocycles. The Labute approximate surface area is 575 Å². The molecule has 0 saturated carbocycles. The number of phosphoric ester groups is 2. The van der Waals surface area contributed by atoms with Crippen LogP contribution < -0.4 is 0 Å². The highest BCUT2D eigenvalue weighted by molar-refractivity contribution is 7.47. The van der Waals surface area contributed by atoms with Crippen LogP contribution in [-0.2, 0) is 65.4 Å². The van der Waals surface area contributed by atoms with Gasteiger partial charge in [0.1, 0.15) is 19.3 Å². The molecule has 0 amide bonds. The Morgan fingerprint density at radius 1 is 0.287 bits per heavy atom. The topological polar surface area (TPSA) is 237 Å². The van der Waals surface area contributed by atoms with Gasteiger partial charge in [-0.15, -0.1) is 0 Å². The second kappa shape index (κ2) is 64.4. The van der Waals surface area contributed by atoms with Gasteiger partial charge in [0.2, 0.25) is 0 Å². The maximum atomic E-state index is 13.1. The zero-order chi connectivity index (χ0) is 69.6. The SMILES string of the molecule is CCC(C)CCCCCCCCCCCCCCCCC(=O)OC[C@H](COP(=O)(O)OC[C@@H](O)COP(=O)(O)OC[C@@H](COC(=O)CCCCCCCCC(C)CC)OC(=O)CCCCCCCCCCCCC(C)CC)OC(=O)CCCCCCCCCCC(C)CC. The quantitative estimate of drug-likeness (QED) is 0.0222. The third-order valence-electron chi connectivity index (χ3n) is 18.8. The zero-order valence-electron chi connectivity index (χ0n) is 61.6. The van der Waals surface area contributed by atoms with E-state index >= 15 is 0 Å². The summed E-state index contributed by atoms with van der Waals surface area (Å²) < 4.78 is 68.5. The van der Waals surface area contributed by atoms with Crippen molar-refractivity contribution in [3.8, 4) is 0 Å². The van der Waals surface area contributed by atoms with E-state index in [0.29, 0.717) is 25.7 Å². The van der Waals surface area contributed by atoms with Gasteiger partial charge in [0.25, 0.3) is 0 Å². The van der Waals surface area contributed by atoms with Crippen molar-refractivity contribution in [2.24, 2.45) is 23.7 Å². The minimum Gasteiger partial charge on any atom is -0.462 e. The summed E-state index contributed by atoms with van der Waals surface area (Å²) in [6, 6.07) is 0. The van der Waals surface area contributed by atoms with E-state index in [1.807, 2.05) is 0 Å². The van der Waals surface area contributed by atoms with Crippen molar-refractivity contribution < 1.29 is 80.2 Å². The molecule has 0 aliphatic carbocycles. The highest BCUT2D eigenvalue weighted by Crippen LogP contribution is 2.45. The molecule has 558 valence electrons. The van der Waals surface area contributed by atoms with Crippen LogP contribution in [0.4, 0.5) is 0 Å². The fraction of sp³-hybridized carbons (Fsp3) is 0.947. The molecule has 0 saturated heterocycles. The first kappa shape index (κ1) is 92.1. The fourth-order valence-corrected chi connectivity index (χ4v) is 12.8. The van der Waals surface area contributed by atoms with E-state index in [2.05, 4.69) is 55.4 Å². The maximum Gasteiger partial charge on any atom is 0.472 e. The van der Waals surface area contributed by atoms with Gasteiger partial charge >= 0.3 is 39.5 Å². The van der Waals surface area contributed by atoms with Crippen LogP contribution in [-0.4, -0.2) is 96.7 Å². The lowest BCUT2D eigenvalue weighted by molar-refractivity contribution is -0.161. The van der Waals surface area contributed by atoms with Crippen molar-refractivity contribution in [3.05, 3.63) is 0 Å². The minimum absolute atomic E-state index is 0.105. The van der Waals surface area contributed by atoms with Crippen LogP contribution in [0.5, 0.6) is 0 Å². The van der Waals surface area contributed by atoms with Crippen LogP contribution in [0.15, 0.2) is 0 Å². The van der Waals surface area contributed by atoms with E-state index in [9.17, 15) is 43.2 Å². The molecule has 0 aliphatic rings. The van der Waals surface area contributed by atoms with Crippen molar-refractivity contribution in [1.29, 1.82) is 0 Å². The van der Waals surface area contributed by atoms with Crippen molar-refractivity contribution in [3.63, 3.8) is 0 Å². The number of rotatable bonds is 72. The highest BCUT2D eigenvalue weighted by atomic mass is 31.2. The third kappa shape index (κ3) is 63.5. The second-order valence-electron chi connectivity index (χ2n) is 28.0. The molecule has 3 N–H and O–H groups in total. The number of unbranched alkanes of at least 4 members (excludes halogenated alkanes) is 34. The maximum absolute atomic E-state index is 13.1. The molecular formula is C75H146O17P2. The number of hydrogen-bond donors (Lipinski definition) is 3. The molecule has 0 radical (unpaired) electrons. The zero-order valence-corrected chi connectivity index (χ0v) is 63.4. The lowest BCUT2D eigenvalue weighted by Crippen LogP contribution is -2.30. The molecule has 6 unspecified atom stereocenters. The summed E-state index contributed by atoms with van der Waals surface area (Å²) in [5.41, 5.74) is 0. The first-order valence-corrected chi connectivity index (χ1v) is 41.8. The normalized spacial score (nSPS) is 15.3. The number of carbonyl (C=O) groups excluding carboxylic acids is 4. The molecule has 0 heterocycles. The molecule has 0 spiro atoms. The minimum atomic E-state index is -4.96. The predicted octanol–water partition coefficient (Wildman–Crippen LogP) is 21.7. The van der Waals surface area contributed by atoms with E-state index in [1.54, 1.807) is 0 Å². The Hall–Kier alpha value is -1.94. The van der Waals surface area contributed by atoms with E-state index < -0.39 is 97.5 Å². The molecule has 0 aromatic rings. The fourth-order valence-electron chi connectivity index (χ4n) is 11.2. The summed E-state index contributed by atoms with van der Waals surface area (Å²) in [6.07, 6.45) is 48.4. The molecule has 17 nitrogen and oxygen atoms in total. The van der Waals surface area contributed by atoms with Crippen LogP contribution in [0.1, 0.15) is 376 Å². The average molecular weight is 1380 g/mol. The predicted molar refractivity (Wildman–Crippen MR) is 381 cm³/mol. The van der Waals surface area contributed by atoms with E-state index in [4.69, 9.17) is 37.0 Å². The number of phosphoric acid groups is 2. The third-order valence-corrected chi connectivity index (χ3v) is 20.7. The summed E-state index contributed by atoms with van der Waals surface area (Å²) in [5, 5.41) is 10.6. The summed E-state index contributed by atoms with van der Waals surface area (Å²) in [5.74, 6) is 1.03. The molecular weight excluding hydrogens is 1230 g/mol. The second-order valence-corrected chi connectivity index (χ2v) is 30.9. The summed E-state index contributed by atoms with van der Waals surface area (Å²) >= 11 is 0. The van der Waals surface area contributed by atoms with Crippen molar-refractivity contribution in [2.75, 3.05) is 39.6 Å². The molecule has 0 rings (SSSR count). The Morgan fingerprint density at radius 2 is 0.479 bits per heavy atom. The van der Waals surface area contributed by atoms with E-state index in [1.165, 1.54) is 173 Å². The molecule has 0 bridgehead atoms. The monoisotopic (exact) mass is 1380 g/mol. The number of esters is 4. The summed E-state index contributed by atoms with van der Waals surface area (Å²) in [4.78, 5) is 72.8. The largest absolute Gasteiger partial charge is 0.472 e. The molecule has 0 fully saturated rings. The first-order chi connectivity index (χ1) is 45.2. The van der Waals surface area contributed by atoms with Gasteiger partial charge in [0, 0.05) is 25.7 Å². The number of ether oxygens (including phenoxy) is 4. The first-order valence-electron chi connectivity index (χ1n) is 38.9. The molecule has 0 aromatic carbocycles. The van der Waals surface area contributed by atoms with Crippen LogP contribution in [0.3, 0.4) is 0 Å². The number of aliphatic hydroxyl groups is 1. The summed E-state index contributed by atoms with van der Waals surface area (Å²) in [7, 11) is -9.91. The van der Waals surface area contributed by atoms with E-state index in [-0.39, 0.29) is 25.7 Å². The van der Waals surface area contributed by atoms with Gasteiger partial charge in [-0.25, -0.2) is 9.13 Å². The van der Waals surface area contributed by atoms with Crippen molar-refractivity contribution >= 4 is 39.5 Å². The number of aliphatic hydroxyl groups excluding tert-OH is 1. The Balaban J connectivity index is 5.24. The van der Waals surface area contributed by atoms with Gasteiger partial charge in [-0.2, -0.15) is 0 Å². The van der Waals surface area contributed by atoms with Crippen LogP contribution in [0.2, 0.25) is 0 Å². The van der Waals surface area contributed by atoms with Crippen molar-refractivity contribution in [1.82, 2.24) is 0 Å². The van der Waals surface area contributed by atoms with Gasteiger partial charge in [-0.1, -0.05) is 325 Å². The van der Waals surface area contributed by atoms with Gasteiger partial charge in [-0.3, -0.25) is 37.3 Å².